The minimum atomic E-state index is -0.0440. The average Bonchev–Trinajstić information content (AvgIpc) is 3.24. The smallest absolute Gasteiger partial charge is 0.242 e. The van der Waals surface area contributed by atoms with E-state index in [2.05, 4.69) is 32.2 Å². The summed E-state index contributed by atoms with van der Waals surface area (Å²) in [6, 6.07) is 2.03. The maximum atomic E-state index is 12.1. The number of amides is 1. The summed E-state index contributed by atoms with van der Waals surface area (Å²) in [5, 5.41) is 10.9. The number of hydrogen-bond donors (Lipinski definition) is 2. The van der Waals surface area contributed by atoms with E-state index in [9.17, 15) is 4.79 Å². The molecule has 0 spiro atoms. The second-order valence-corrected chi connectivity index (χ2v) is 6.30. The summed E-state index contributed by atoms with van der Waals surface area (Å²) in [5.41, 5.74) is 1.08. The van der Waals surface area contributed by atoms with E-state index < -0.39 is 0 Å². The van der Waals surface area contributed by atoms with Crippen LogP contribution in [0, 0.1) is 0 Å². The Morgan fingerprint density at radius 1 is 1.38 bits per heavy atom. The number of imidazole rings is 1. The van der Waals surface area contributed by atoms with Crippen molar-refractivity contribution in [1.29, 1.82) is 0 Å². The molecule has 1 atom stereocenters. The fourth-order valence-corrected chi connectivity index (χ4v) is 3.12. The lowest BCUT2D eigenvalue weighted by Gasteiger charge is -2.20. The highest BCUT2D eigenvalue weighted by Gasteiger charge is 2.17. The summed E-state index contributed by atoms with van der Waals surface area (Å²) >= 11 is 0. The first-order valence-electron chi connectivity index (χ1n) is 8.77. The molecule has 3 rings (SSSR count). The number of carbonyl (C=O) groups excluding carboxylic acids is 1. The highest BCUT2D eigenvalue weighted by atomic mass is 35.5. The van der Waals surface area contributed by atoms with Gasteiger partial charge in [-0.25, -0.2) is 4.98 Å². The van der Waals surface area contributed by atoms with E-state index in [0.29, 0.717) is 12.5 Å². The Hall–Kier alpha value is -1.57. The van der Waals surface area contributed by atoms with Crippen LogP contribution in [-0.2, 0) is 24.4 Å². The van der Waals surface area contributed by atoms with Crippen molar-refractivity contribution in [2.24, 2.45) is 0 Å². The molecule has 1 amide bonds. The molecule has 0 bridgehead atoms. The molecule has 2 aromatic heterocycles. The molecule has 9 heteroatoms. The molecule has 1 saturated heterocycles. The van der Waals surface area contributed by atoms with E-state index >= 15 is 0 Å². The van der Waals surface area contributed by atoms with Crippen LogP contribution in [0.2, 0.25) is 0 Å². The van der Waals surface area contributed by atoms with Crippen LogP contribution in [-0.4, -0.2) is 38.3 Å². The lowest BCUT2D eigenvalue weighted by atomic mass is 9.97. The van der Waals surface area contributed by atoms with Gasteiger partial charge in [-0.15, -0.1) is 24.8 Å². The Bertz CT molecular complexity index is 666. The molecule has 3 heterocycles. The van der Waals surface area contributed by atoms with Gasteiger partial charge in [0.2, 0.25) is 5.91 Å². The van der Waals surface area contributed by atoms with Crippen LogP contribution in [0.25, 0.3) is 0 Å². The van der Waals surface area contributed by atoms with Gasteiger partial charge in [0.25, 0.3) is 0 Å². The second-order valence-electron chi connectivity index (χ2n) is 6.30. The summed E-state index contributed by atoms with van der Waals surface area (Å²) < 4.78 is 3.79. The first kappa shape index (κ1) is 22.5. The summed E-state index contributed by atoms with van der Waals surface area (Å²) in [7, 11) is 0. The van der Waals surface area contributed by atoms with Crippen molar-refractivity contribution in [3.63, 3.8) is 0 Å². The highest BCUT2D eigenvalue weighted by Crippen LogP contribution is 2.21. The van der Waals surface area contributed by atoms with Crippen LogP contribution < -0.4 is 10.6 Å². The molecule has 1 fully saturated rings. The maximum Gasteiger partial charge on any atom is 0.242 e. The highest BCUT2D eigenvalue weighted by molar-refractivity contribution is 5.85. The minimum absolute atomic E-state index is 0. The number of nitrogens with zero attached hydrogens (tertiary/aromatic N) is 4. The Morgan fingerprint density at radius 3 is 2.96 bits per heavy atom. The van der Waals surface area contributed by atoms with Gasteiger partial charge in [-0.1, -0.05) is 6.92 Å². The molecule has 0 saturated carbocycles. The molecule has 26 heavy (non-hydrogen) atoms. The van der Waals surface area contributed by atoms with Crippen LogP contribution in [0.5, 0.6) is 0 Å². The lowest BCUT2D eigenvalue weighted by molar-refractivity contribution is -0.122. The molecular weight excluding hydrogens is 375 g/mol. The fraction of sp³-hybridized carbons (Fsp3) is 0.588. The number of aryl methyl sites for hydroxylation is 1. The molecule has 1 aliphatic rings. The van der Waals surface area contributed by atoms with Crippen LogP contribution in [0.4, 0.5) is 0 Å². The molecule has 7 nitrogen and oxygen atoms in total. The van der Waals surface area contributed by atoms with Gasteiger partial charge in [-0.05, 0) is 31.9 Å². The topological polar surface area (TPSA) is 76.8 Å². The average molecular weight is 403 g/mol. The quantitative estimate of drug-likeness (QED) is 0.743. The van der Waals surface area contributed by atoms with E-state index in [1.54, 1.807) is 10.9 Å². The van der Waals surface area contributed by atoms with Gasteiger partial charge in [0.15, 0.2) is 0 Å². The van der Waals surface area contributed by atoms with Crippen molar-refractivity contribution in [2.45, 2.75) is 51.7 Å². The van der Waals surface area contributed by atoms with Crippen LogP contribution >= 0.6 is 24.8 Å². The Morgan fingerprint density at radius 2 is 2.23 bits per heavy atom. The maximum absolute atomic E-state index is 12.1. The van der Waals surface area contributed by atoms with Crippen LogP contribution in [0.3, 0.4) is 0 Å². The van der Waals surface area contributed by atoms with Gasteiger partial charge in [0.1, 0.15) is 12.4 Å². The monoisotopic (exact) mass is 402 g/mol. The van der Waals surface area contributed by atoms with E-state index in [1.807, 2.05) is 18.5 Å². The Kier molecular flexibility index (Phi) is 9.69. The number of hydrogen-bond acceptors (Lipinski definition) is 4. The van der Waals surface area contributed by atoms with Crippen molar-refractivity contribution >= 4 is 30.7 Å². The molecule has 1 unspecified atom stereocenters. The molecule has 0 radical (unpaired) electrons. The number of piperidine rings is 1. The Labute approximate surface area is 166 Å². The third-order valence-corrected chi connectivity index (χ3v) is 4.39. The van der Waals surface area contributed by atoms with Crippen LogP contribution in [0.1, 0.15) is 43.6 Å². The molecule has 2 aromatic rings. The number of halogens is 2. The largest absolute Gasteiger partial charge is 0.347 e. The van der Waals surface area contributed by atoms with Gasteiger partial charge in [-0.2, -0.15) is 5.10 Å². The molecule has 146 valence electrons. The molecule has 0 aliphatic carbocycles. The zero-order chi connectivity index (χ0) is 16.8. The van der Waals surface area contributed by atoms with Gasteiger partial charge < -0.3 is 15.2 Å². The summed E-state index contributed by atoms with van der Waals surface area (Å²) in [5.74, 6) is 1.31. The predicted octanol–water partition coefficient (Wildman–Crippen LogP) is 2.12. The molecule has 2 N–H and O–H groups in total. The third kappa shape index (κ3) is 6.00. The van der Waals surface area contributed by atoms with Crippen molar-refractivity contribution < 1.29 is 4.79 Å². The SMILES string of the molecule is CCCn1ccnc1CNC(=O)Cn1ccc(C2CCCNC2)n1.Cl.Cl. The minimum Gasteiger partial charge on any atom is -0.347 e. The standard InChI is InChI=1S/C17H26N6O.2ClH/c1-2-8-22-10-7-19-16(22)12-20-17(24)13-23-9-5-15(21-23)14-4-3-6-18-11-14;;/h5,7,9-10,14,18H,2-4,6,8,11-13H2,1H3,(H,20,24);2*1H. The second kappa shape index (κ2) is 11.2. The van der Waals surface area contributed by atoms with E-state index in [4.69, 9.17) is 0 Å². The molecule has 0 aromatic carbocycles. The normalized spacial score (nSPS) is 16.4. The van der Waals surface area contributed by atoms with Crippen molar-refractivity contribution in [2.75, 3.05) is 13.1 Å². The van der Waals surface area contributed by atoms with Gasteiger partial charge in [-0.3, -0.25) is 9.48 Å². The van der Waals surface area contributed by atoms with Gasteiger partial charge in [0, 0.05) is 37.6 Å². The summed E-state index contributed by atoms with van der Waals surface area (Å²) in [4.78, 5) is 16.4. The third-order valence-electron chi connectivity index (χ3n) is 4.39. The zero-order valence-electron chi connectivity index (χ0n) is 15.1. The van der Waals surface area contributed by atoms with Crippen LogP contribution in [0.15, 0.2) is 24.7 Å². The zero-order valence-corrected chi connectivity index (χ0v) is 16.7. The summed E-state index contributed by atoms with van der Waals surface area (Å²) in [6.45, 7) is 5.81. The van der Waals surface area contributed by atoms with E-state index in [1.165, 1.54) is 6.42 Å². The fourth-order valence-electron chi connectivity index (χ4n) is 3.12. The lowest BCUT2D eigenvalue weighted by Crippen LogP contribution is -2.30. The first-order chi connectivity index (χ1) is 11.8. The molecular formula is C17H28Cl2N6O. The van der Waals surface area contributed by atoms with E-state index in [0.717, 1.165) is 44.0 Å². The number of carbonyl (C=O) groups is 1. The van der Waals surface area contributed by atoms with E-state index in [-0.39, 0.29) is 37.3 Å². The number of rotatable bonds is 7. The number of aromatic nitrogens is 4. The van der Waals surface area contributed by atoms with Crippen molar-refractivity contribution in [1.82, 2.24) is 30.0 Å². The van der Waals surface area contributed by atoms with Gasteiger partial charge >= 0.3 is 0 Å². The van der Waals surface area contributed by atoms with Crippen molar-refractivity contribution in [3.8, 4) is 0 Å². The molecule has 1 aliphatic heterocycles. The van der Waals surface area contributed by atoms with Gasteiger partial charge in [0.05, 0.1) is 12.2 Å². The Balaban J connectivity index is 0.00000169. The number of nitrogens with one attached hydrogen (secondary N) is 2. The summed E-state index contributed by atoms with van der Waals surface area (Å²) in [6.07, 6.45) is 9.00. The van der Waals surface area contributed by atoms with Crippen molar-refractivity contribution in [3.05, 3.63) is 36.2 Å². The first-order valence-corrected chi connectivity index (χ1v) is 8.77. The predicted molar refractivity (Wildman–Crippen MR) is 106 cm³/mol.